The predicted octanol–water partition coefficient (Wildman–Crippen LogP) is 3.56. The Morgan fingerprint density at radius 3 is 2.43 bits per heavy atom. The van der Waals surface area contributed by atoms with Crippen LogP contribution < -0.4 is 10.1 Å². The third kappa shape index (κ3) is 3.70. The maximum atomic E-state index is 13.1. The van der Waals surface area contributed by atoms with Crippen molar-refractivity contribution >= 4 is 17.5 Å². The summed E-state index contributed by atoms with van der Waals surface area (Å²) >= 11 is 5.73. The highest BCUT2D eigenvalue weighted by molar-refractivity contribution is 6.33. The molecule has 110 valence electrons. The van der Waals surface area contributed by atoms with Crippen LogP contribution in [0.1, 0.15) is 15.9 Å². The second kappa shape index (κ2) is 6.54. The normalized spacial score (nSPS) is 10.3. The molecule has 0 aliphatic carbocycles. The molecule has 0 saturated carbocycles. The van der Waals surface area contributed by atoms with Gasteiger partial charge in [0.1, 0.15) is 5.75 Å². The topological polar surface area (TPSA) is 38.3 Å². The molecule has 2 rings (SSSR count). The Labute approximate surface area is 125 Å². The van der Waals surface area contributed by atoms with E-state index < -0.39 is 17.5 Å². The molecule has 2 aromatic rings. The number of halogens is 3. The van der Waals surface area contributed by atoms with Crippen LogP contribution in [0.15, 0.2) is 36.4 Å². The molecule has 0 unspecified atom stereocenters. The number of carbonyl (C=O) groups excluding carboxylic acids is 1. The zero-order valence-electron chi connectivity index (χ0n) is 11.1. The fourth-order valence-electron chi connectivity index (χ4n) is 1.72. The number of methoxy groups -OCH3 is 1. The predicted molar refractivity (Wildman–Crippen MR) is 75.5 cm³/mol. The van der Waals surface area contributed by atoms with Gasteiger partial charge in [-0.15, -0.1) is 0 Å². The molecular formula is C15H12ClF2NO2. The first-order valence-corrected chi connectivity index (χ1v) is 6.44. The minimum atomic E-state index is -1.12. The molecule has 1 amide bonds. The van der Waals surface area contributed by atoms with Crippen LogP contribution in [-0.2, 0) is 6.54 Å². The van der Waals surface area contributed by atoms with E-state index in [-0.39, 0.29) is 17.1 Å². The molecule has 0 fully saturated rings. The Balaban J connectivity index is 2.06. The fraction of sp³-hybridized carbons (Fsp3) is 0.133. The summed E-state index contributed by atoms with van der Waals surface area (Å²) in [5.74, 6) is -2.08. The SMILES string of the molecule is COc1ccc(CNC(=O)c2cc(F)c(F)cc2Cl)cc1. The number of ether oxygens (including phenoxy) is 1. The van der Waals surface area contributed by atoms with Gasteiger partial charge in [-0.3, -0.25) is 4.79 Å². The van der Waals surface area contributed by atoms with Gasteiger partial charge >= 0.3 is 0 Å². The van der Waals surface area contributed by atoms with Gasteiger partial charge in [0.2, 0.25) is 0 Å². The molecule has 0 heterocycles. The molecule has 0 aliphatic heterocycles. The first-order valence-electron chi connectivity index (χ1n) is 6.07. The van der Waals surface area contributed by atoms with Crippen molar-refractivity contribution in [3.8, 4) is 5.75 Å². The monoisotopic (exact) mass is 311 g/mol. The van der Waals surface area contributed by atoms with Gasteiger partial charge in [-0.25, -0.2) is 8.78 Å². The third-order valence-corrected chi connectivity index (χ3v) is 3.18. The second-order valence-electron chi connectivity index (χ2n) is 4.28. The molecule has 0 saturated heterocycles. The van der Waals surface area contributed by atoms with E-state index >= 15 is 0 Å². The van der Waals surface area contributed by atoms with E-state index in [0.29, 0.717) is 5.75 Å². The number of hydrogen-bond donors (Lipinski definition) is 1. The fourth-order valence-corrected chi connectivity index (χ4v) is 1.95. The average molecular weight is 312 g/mol. The van der Waals surface area contributed by atoms with Crippen molar-refractivity contribution in [3.63, 3.8) is 0 Å². The van der Waals surface area contributed by atoms with Crippen molar-refractivity contribution in [3.05, 3.63) is 64.2 Å². The van der Waals surface area contributed by atoms with Crippen LogP contribution in [0.4, 0.5) is 8.78 Å². The first kappa shape index (κ1) is 15.3. The molecule has 0 atom stereocenters. The number of nitrogens with one attached hydrogen (secondary N) is 1. The Bertz CT molecular complexity index is 659. The van der Waals surface area contributed by atoms with Gasteiger partial charge in [0.25, 0.3) is 5.91 Å². The Kier molecular flexibility index (Phi) is 4.75. The lowest BCUT2D eigenvalue weighted by atomic mass is 10.1. The maximum absolute atomic E-state index is 13.1. The van der Waals surface area contributed by atoms with Gasteiger partial charge in [-0.1, -0.05) is 23.7 Å². The minimum absolute atomic E-state index is 0.107. The lowest BCUT2D eigenvalue weighted by molar-refractivity contribution is 0.0950. The van der Waals surface area contributed by atoms with Gasteiger partial charge in [0.15, 0.2) is 11.6 Å². The van der Waals surface area contributed by atoms with Crippen LogP contribution >= 0.6 is 11.6 Å². The summed E-state index contributed by atoms with van der Waals surface area (Å²) in [6.07, 6.45) is 0. The summed E-state index contributed by atoms with van der Waals surface area (Å²) in [5.41, 5.74) is 0.729. The number of amides is 1. The first-order chi connectivity index (χ1) is 10.0. The van der Waals surface area contributed by atoms with Crippen molar-refractivity contribution in [1.29, 1.82) is 0 Å². The lowest BCUT2D eigenvalue weighted by Crippen LogP contribution is -2.23. The summed E-state index contributed by atoms with van der Waals surface area (Å²) in [4.78, 5) is 11.9. The minimum Gasteiger partial charge on any atom is -0.497 e. The van der Waals surface area contributed by atoms with Crippen LogP contribution in [0, 0.1) is 11.6 Å². The summed E-state index contributed by atoms with van der Waals surface area (Å²) in [6, 6.07) is 8.64. The van der Waals surface area contributed by atoms with Crippen LogP contribution in [0.3, 0.4) is 0 Å². The van der Waals surface area contributed by atoms with Crippen LogP contribution in [0.2, 0.25) is 5.02 Å². The van der Waals surface area contributed by atoms with Crippen molar-refractivity contribution in [2.45, 2.75) is 6.54 Å². The number of rotatable bonds is 4. The molecular weight excluding hydrogens is 300 g/mol. The van der Waals surface area contributed by atoms with E-state index in [0.717, 1.165) is 17.7 Å². The van der Waals surface area contributed by atoms with Gasteiger partial charge < -0.3 is 10.1 Å². The van der Waals surface area contributed by atoms with Crippen molar-refractivity contribution in [1.82, 2.24) is 5.32 Å². The average Bonchev–Trinajstić information content (AvgIpc) is 2.49. The smallest absolute Gasteiger partial charge is 0.253 e. The van der Waals surface area contributed by atoms with Crippen LogP contribution in [-0.4, -0.2) is 13.0 Å². The summed E-state index contributed by atoms with van der Waals surface area (Å²) in [7, 11) is 1.56. The highest BCUT2D eigenvalue weighted by atomic mass is 35.5. The quantitative estimate of drug-likeness (QED) is 0.877. The van der Waals surface area contributed by atoms with Crippen molar-refractivity contribution in [2.75, 3.05) is 7.11 Å². The van der Waals surface area contributed by atoms with E-state index in [9.17, 15) is 13.6 Å². The third-order valence-electron chi connectivity index (χ3n) is 2.87. The zero-order valence-corrected chi connectivity index (χ0v) is 11.9. The summed E-state index contributed by atoms with van der Waals surface area (Å²) in [6.45, 7) is 0.234. The number of carbonyl (C=O) groups is 1. The molecule has 0 aliphatic rings. The van der Waals surface area contributed by atoms with E-state index in [2.05, 4.69) is 5.32 Å². The van der Waals surface area contributed by atoms with Gasteiger partial charge in [-0.05, 0) is 29.8 Å². The highest BCUT2D eigenvalue weighted by Crippen LogP contribution is 2.20. The van der Waals surface area contributed by atoms with Gasteiger partial charge in [0, 0.05) is 6.54 Å². The standard InChI is InChI=1S/C15H12ClF2NO2/c1-21-10-4-2-9(3-5-10)8-19-15(20)11-6-13(17)14(18)7-12(11)16/h2-7H,8H2,1H3,(H,19,20). The molecule has 1 N–H and O–H groups in total. The Morgan fingerprint density at radius 2 is 1.81 bits per heavy atom. The number of benzene rings is 2. The molecule has 0 bridgehead atoms. The molecule has 3 nitrogen and oxygen atoms in total. The Morgan fingerprint density at radius 1 is 1.19 bits per heavy atom. The number of hydrogen-bond acceptors (Lipinski definition) is 2. The largest absolute Gasteiger partial charge is 0.497 e. The Hall–Kier alpha value is -2.14. The van der Waals surface area contributed by atoms with Crippen molar-refractivity contribution < 1.29 is 18.3 Å². The molecule has 0 spiro atoms. The molecule has 21 heavy (non-hydrogen) atoms. The van der Waals surface area contributed by atoms with Crippen LogP contribution in [0.25, 0.3) is 0 Å². The molecule has 6 heteroatoms. The van der Waals surface area contributed by atoms with E-state index in [4.69, 9.17) is 16.3 Å². The maximum Gasteiger partial charge on any atom is 0.253 e. The van der Waals surface area contributed by atoms with Gasteiger partial charge in [-0.2, -0.15) is 0 Å². The molecule has 0 aromatic heterocycles. The molecule has 2 aromatic carbocycles. The highest BCUT2D eigenvalue weighted by Gasteiger charge is 2.14. The lowest BCUT2D eigenvalue weighted by Gasteiger charge is -2.08. The van der Waals surface area contributed by atoms with E-state index in [1.54, 1.807) is 31.4 Å². The zero-order chi connectivity index (χ0) is 15.4. The summed E-state index contributed by atoms with van der Waals surface area (Å²) < 4.78 is 31.1. The second-order valence-corrected chi connectivity index (χ2v) is 4.68. The van der Waals surface area contributed by atoms with E-state index in [1.165, 1.54) is 0 Å². The van der Waals surface area contributed by atoms with Gasteiger partial charge in [0.05, 0.1) is 17.7 Å². The molecule has 0 radical (unpaired) electrons. The van der Waals surface area contributed by atoms with Crippen LogP contribution in [0.5, 0.6) is 5.75 Å². The summed E-state index contributed by atoms with van der Waals surface area (Å²) in [5, 5.41) is 2.45. The van der Waals surface area contributed by atoms with Crippen molar-refractivity contribution in [2.24, 2.45) is 0 Å². The van der Waals surface area contributed by atoms with E-state index in [1.807, 2.05) is 0 Å².